The lowest BCUT2D eigenvalue weighted by Crippen LogP contribution is -2.38. The highest BCUT2D eigenvalue weighted by Crippen LogP contribution is 2.28. The van der Waals surface area contributed by atoms with Crippen LogP contribution >= 0.6 is 15.9 Å². The van der Waals surface area contributed by atoms with Crippen LogP contribution in [0.2, 0.25) is 0 Å². The van der Waals surface area contributed by atoms with E-state index in [-0.39, 0.29) is 0 Å². The minimum absolute atomic E-state index is 0.550. The Bertz CT molecular complexity index is 458. The minimum Gasteiger partial charge on any atom is -0.364 e. The van der Waals surface area contributed by atoms with Gasteiger partial charge in [0.2, 0.25) is 0 Å². The fourth-order valence-electron chi connectivity index (χ4n) is 2.50. The zero-order valence-electron chi connectivity index (χ0n) is 11.1. The van der Waals surface area contributed by atoms with Gasteiger partial charge >= 0.3 is 0 Å². The summed E-state index contributed by atoms with van der Waals surface area (Å²) < 4.78 is 1.13. The van der Waals surface area contributed by atoms with E-state index in [1.807, 2.05) is 0 Å². The number of hydrogen-bond acceptors (Lipinski definition) is 1. The van der Waals surface area contributed by atoms with Crippen molar-refractivity contribution in [2.75, 3.05) is 11.4 Å². The van der Waals surface area contributed by atoms with Crippen LogP contribution in [-0.4, -0.2) is 12.6 Å². The lowest BCUT2D eigenvalue weighted by Gasteiger charge is -2.37. The Morgan fingerprint density at radius 3 is 2.67 bits per heavy atom. The Balaban J connectivity index is 2.23. The second-order valence-electron chi connectivity index (χ2n) is 5.20. The van der Waals surface area contributed by atoms with Crippen LogP contribution in [-0.2, 0) is 0 Å². The van der Waals surface area contributed by atoms with Crippen molar-refractivity contribution in [3.05, 3.63) is 52.5 Å². The van der Waals surface area contributed by atoms with Crippen LogP contribution in [0.1, 0.15) is 26.7 Å². The number of anilines is 1. The summed E-state index contributed by atoms with van der Waals surface area (Å²) in [7, 11) is 0. The molecule has 0 aromatic heterocycles. The highest BCUT2D eigenvalue weighted by molar-refractivity contribution is 9.10. The van der Waals surface area contributed by atoms with Crippen molar-refractivity contribution in [3.8, 4) is 0 Å². The molecule has 0 unspecified atom stereocenters. The SMILES string of the molecule is C=C(C)C[C@H]1CC(C)=CCN1c1ccc(Br)cc1. The molecular formula is C16H20BrN. The van der Waals surface area contributed by atoms with Crippen LogP contribution in [0.3, 0.4) is 0 Å². The molecule has 0 saturated heterocycles. The van der Waals surface area contributed by atoms with E-state index < -0.39 is 0 Å². The summed E-state index contributed by atoms with van der Waals surface area (Å²) in [5.41, 5.74) is 4.06. The van der Waals surface area contributed by atoms with Crippen molar-refractivity contribution in [2.45, 2.75) is 32.7 Å². The summed E-state index contributed by atoms with van der Waals surface area (Å²) in [5.74, 6) is 0. The summed E-state index contributed by atoms with van der Waals surface area (Å²) in [4.78, 5) is 2.48. The molecule has 18 heavy (non-hydrogen) atoms. The van der Waals surface area contributed by atoms with Crippen molar-refractivity contribution < 1.29 is 0 Å². The molecular weight excluding hydrogens is 286 g/mol. The zero-order valence-corrected chi connectivity index (χ0v) is 12.7. The number of nitrogens with zero attached hydrogens (tertiary/aromatic N) is 1. The zero-order chi connectivity index (χ0) is 13.1. The van der Waals surface area contributed by atoms with Crippen LogP contribution in [0, 0.1) is 0 Å². The Kier molecular flexibility index (Phi) is 4.28. The third kappa shape index (κ3) is 3.26. The van der Waals surface area contributed by atoms with Gasteiger partial charge in [-0.05, 0) is 51.0 Å². The lowest BCUT2D eigenvalue weighted by atomic mass is 9.95. The first-order valence-corrected chi connectivity index (χ1v) is 7.18. The topological polar surface area (TPSA) is 3.24 Å². The maximum absolute atomic E-state index is 4.06. The molecule has 0 spiro atoms. The Morgan fingerprint density at radius 2 is 2.06 bits per heavy atom. The van der Waals surface area contributed by atoms with Crippen molar-refractivity contribution in [1.29, 1.82) is 0 Å². The van der Waals surface area contributed by atoms with E-state index in [1.54, 1.807) is 0 Å². The van der Waals surface area contributed by atoms with Crippen molar-refractivity contribution >= 4 is 21.6 Å². The molecule has 0 fully saturated rings. The van der Waals surface area contributed by atoms with Gasteiger partial charge in [0, 0.05) is 22.7 Å². The maximum atomic E-state index is 4.06. The van der Waals surface area contributed by atoms with Crippen LogP contribution in [0.25, 0.3) is 0 Å². The molecule has 0 bridgehead atoms. The highest BCUT2D eigenvalue weighted by atomic mass is 79.9. The van der Waals surface area contributed by atoms with E-state index in [4.69, 9.17) is 0 Å². The van der Waals surface area contributed by atoms with Gasteiger partial charge in [-0.25, -0.2) is 0 Å². The third-order valence-corrected chi connectivity index (χ3v) is 3.91. The van der Waals surface area contributed by atoms with E-state index >= 15 is 0 Å². The van der Waals surface area contributed by atoms with Gasteiger partial charge in [0.15, 0.2) is 0 Å². The molecule has 1 heterocycles. The summed E-state index contributed by atoms with van der Waals surface area (Å²) in [6.45, 7) is 9.41. The molecule has 1 atom stereocenters. The average molecular weight is 306 g/mol. The summed E-state index contributed by atoms with van der Waals surface area (Å²) in [6.07, 6.45) is 4.54. The Hall–Kier alpha value is -1.02. The standard InChI is InChI=1S/C16H20BrN/c1-12(2)10-16-11-13(3)8-9-18(16)15-6-4-14(17)5-7-15/h4-8,16H,1,9-11H2,2-3H3/t16-/m0/s1. The molecule has 2 heteroatoms. The summed E-state index contributed by atoms with van der Waals surface area (Å²) >= 11 is 3.49. The van der Waals surface area contributed by atoms with Crippen LogP contribution in [0.4, 0.5) is 5.69 Å². The predicted molar refractivity (Wildman–Crippen MR) is 83.1 cm³/mol. The molecule has 0 N–H and O–H groups in total. The van der Waals surface area contributed by atoms with E-state index in [2.05, 4.69) is 71.6 Å². The molecule has 96 valence electrons. The number of benzene rings is 1. The average Bonchev–Trinajstić information content (AvgIpc) is 2.30. The van der Waals surface area contributed by atoms with E-state index in [0.717, 1.165) is 23.9 Å². The van der Waals surface area contributed by atoms with Gasteiger partial charge in [-0.2, -0.15) is 0 Å². The summed E-state index contributed by atoms with van der Waals surface area (Å²) in [5, 5.41) is 0. The van der Waals surface area contributed by atoms with Crippen LogP contribution < -0.4 is 4.90 Å². The number of halogens is 1. The second-order valence-corrected chi connectivity index (χ2v) is 6.11. The fourth-order valence-corrected chi connectivity index (χ4v) is 2.77. The van der Waals surface area contributed by atoms with Gasteiger partial charge in [0.1, 0.15) is 0 Å². The van der Waals surface area contributed by atoms with Crippen LogP contribution in [0.5, 0.6) is 0 Å². The molecule has 1 aliphatic rings. The predicted octanol–water partition coefficient (Wildman–Crippen LogP) is 4.94. The molecule has 2 rings (SSSR count). The Labute approximate surface area is 118 Å². The second kappa shape index (κ2) is 5.75. The van der Waals surface area contributed by atoms with Gasteiger partial charge < -0.3 is 4.90 Å². The van der Waals surface area contributed by atoms with E-state index in [9.17, 15) is 0 Å². The third-order valence-electron chi connectivity index (χ3n) is 3.38. The number of hydrogen-bond donors (Lipinski definition) is 0. The largest absolute Gasteiger partial charge is 0.364 e. The van der Waals surface area contributed by atoms with Crippen molar-refractivity contribution in [3.63, 3.8) is 0 Å². The molecule has 1 aromatic carbocycles. The Morgan fingerprint density at radius 1 is 1.39 bits per heavy atom. The maximum Gasteiger partial charge on any atom is 0.0372 e. The molecule has 0 aliphatic carbocycles. The first-order valence-electron chi connectivity index (χ1n) is 6.38. The lowest BCUT2D eigenvalue weighted by molar-refractivity contribution is 0.578. The van der Waals surface area contributed by atoms with E-state index in [1.165, 1.54) is 16.8 Å². The fraction of sp³-hybridized carbons (Fsp3) is 0.375. The molecule has 1 aromatic rings. The first kappa shape index (κ1) is 13.4. The monoisotopic (exact) mass is 305 g/mol. The molecule has 0 saturated carbocycles. The van der Waals surface area contributed by atoms with Gasteiger partial charge in [-0.3, -0.25) is 0 Å². The normalized spacial score (nSPS) is 19.6. The van der Waals surface area contributed by atoms with E-state index in [0.29, 0.717) is 6.04 Å². The molecule has 0 radical (unpaired) electrons. The summed E-state index contributed by atoms with van der Waals surface area (Å²) in [6, 6.07) is 9.14. The van der Waals surface area contributed by atoms with Gasteiger partial charge in [-0.1, -0.05) is 33.2 Å². The molecule has 0 amide bonds. The molecule has 1 aliphatic heterocycles. The van der Waals surface area contributed by atoms with Crippen molar-refractivity contribution in [2.24, 2.45) is 0 Å². The van der Waals surface area contributed by atoms with Gasteiger partial charge in [0.05, 0.1) is 0 Å². The minimum atomic E-state index is 0.550. The first-order chi connectivity index (χ1) is 8.56. The van der Waals surface area contributed by atoms with Gasteiger partial charge in [0.25, 0.3) is 0 Å². The van der Waals surface area contributed by atoms with Crippen LogP contribution in [0.15, 0.2) is 52.5 Å². The van der Waals surface area contributed by atoms with Gasteiger partial charge in [-0.15, -0.1) is 6.58 Å². The quantitative estimate of drug-likeness (QED) is 0.715. The smallest absolute Gasteiger partial charge is 0.0372 e. The highest BCUT2D eigenvalue weighted by Gasteiger charge is 2.22. The van der Waals surface area contributed by atoms with Crippen molar-refractivity contribution in [1.82, 2.24) is 0 Å². The molecule has 1 nitrogen and oxygen atoms in total. The number of rotatable bonds is 3.